The average Bonchev–Trinajstić information content (AvgIpc) is 2.45. The van der Waals surface area contributed by atoms with E-state index in [1.54, 1.807) is 0 Å². The topological polar surface area (TPSA) is 32.3 Å². The van der Waals surface area contributed by atoms with Gasteiger partial charge in [-0.25, -0.2) is 0 Å². The minimum atomic E-state index is -0.410. The zero-order valence-electron chi connectivity index (χ0n) is 12.7. The summed E-state index contributed by atoms with van der Waals surface area (Å²) in [6.07, 6.45) is 3.19. The maximum Gasteiger partial charge on any atom is 0.242 e. The van der Waals surface area contributed by atoms with Crippen molar-refractivity contribution in [2.75, 3.05) is 13.1 Å². The van der Waals surface area contributed by atoms with Gasteiger partial charge in [0.15, 0.2) is 0 Å². The Morgan fingerprint density at radius 3 is 2.76 bits per heavy atom. The molecule has 1 heterocycles. The van der Waals surface area contributed by atoms with E-state index in [2.05, 4.69) is 5.32 Å². The molecule has 0 bridgehead atoms. The summed E-state index contributed by atoms with van der Waals surface area (Å²) in [5, 5.41) is 4.11. The number of carbonyl (C=O) groups is 1. The van der Waals surface area contributed by atoms with E-state index in [0.717, 1.165) is 31.4 Å². The van der Waals surface area contributed by atoms with Gasteiger partial charge >= 0.3 is 0 Å². The summed E-state index contributed by atoms with van der Waals surface area (Å²) in [5.74, 6) is 0.194. The summed E-state index contributed by atoms with van der Waals surface area (Å²) < 4.78 is 0. The molecule has 1 aromatic rings. The van der Waals surface area contributed by atoms with Crippen LogP contribution in [0.4, 0.5) is 0 Å². The predicted octanol–water partition coefficient (Wildman–Crippen LogP) is 3.64. The normalized spacial score (nSPS) is 21.5. The van der Waals surface area contributed by atoms with Crippen molar-refractivity contribution in [2.45, 2.75) is 45.2 Å². The Hall–Kier alpha value is -0.770. The van der Waals surface area contributed by atoms with Crippen molar-refractivity contribution in [1.29, 1.82) is 0 Å². The fraction of sp³-hybridized carbons (Fsp3) is 0.562. The number of amides is 1. The highest BCUT2D eigenvalue weighted by molar-refractivity contribution is 6.30. The summed E-state index contributed by atoms with van der Waals surface area (Å²) in [6, 6.07) is 7.72. The van der Waals surface area contributed by atoms with Crippen LogP contribution in [0.15, 0.2) is 24.3 Å². The van der Waals surface area contributed by atoms with Gasteiger partial charge in [0.2, 0.25) is 5.91 Å². The third-order valence-corrected chi connectivity index (χ3v) is 4.26. The molecule has 1 unspecified atom stereocenters. The number of carbonyl (C=O) groups excluding carboxylic acids is 1. The standard InChI is InChI=1S/C16H23ClN2O.ClH/c1-3-19(12-13-7-6-8-14(17)11-13)15(20)16(2)9-4-5-10-18-16;/h6-8,11,18H,3-5,9-10,12H2,1-2H3;1H. The van der Waals surface area contributed by atoms with Crippen LogP contribution in [-0.4, -0.2) is 29.4 Å². The average molecular weight is 331 g/mol. The molecule has 0 spiro atoms. The van der Waals surface area contributed by atoms with E-state index in [1.165, 1.54) is 0 Å². The Balaban J connectivity index is 0.00000220. The van der Waals surface area contributed by atoms with Crippen LogP contribution in [0.3, 0.4) is 0 Å². The Labute approximate surface area is 138 Å². The lowest BCUT2D eigenvalue weighted by atomic mass is 9.89. The van der Waals surface area contributed by atoms with Crippen LogP contribution in [0.1, 0.15) is 38.7 Å². The number of halogens is 2. The first-order chi connectivity index (χ1) is 9.55. The zero-order chi connectivity index (χ0) is 14.6. The molecule has 0 aliphatic carbocycles. The maximum absolute atomic E-state index is 12.8. The van der Waals surface area contributed by atoms with Crippen molar-refractivity contribution in [2.24, 2.45) is 0 Å². The van der Waals surface area contributed by atoms with Gasteiger partial charge in [-0.2, -0.15) is 0 Å². The van der Waals surface area contributed by atoms with E-state index in [4.69, 9.17) is 11.6 Å². The van der Waals surface area contributed by atoms with Crippen molar-refractivity contribution < 1.29 is 4.79 Å². The first-order valence-electron chi connectivity index (χ1n) is 7.34. The van der Waals surface area contributed by atoms with E-state index in [-0.39, 0.29) is 18.3 Å². The van der Waals surface area contributed by atoms with Crippen LogP contribution in [0.2, 0.25) is 5.02 Å². The monoisotopic (exact) mass is 330 g/mol. The minimum Gasteiger partial charge on any atom is -0.337 e. The van der Waals surface area contributed by atoms with Crippen LogP contribution in [-0.2, 0) is 11.3 Å². The molecule has 2 rings (SSSR count). The number of piperidine rings is 1. The number of hydrogen-bond donors (Lipinski definition) is 1. The molecule has 5 heteroatoms. The number of nitrogens with one attached hydrogen (secondary N) is 1. The second kappa shape index (κ2) is 8.02. The summed E-state index contributed by atoms with van der Waals surface area (Å²) in [7, 11) is 0. The third kappa shape index (κ3) is 4.60. The largest absolute Gasteiger partial charge is 0.337 e. The zero-order valence-corrected chi connectivity index (χ0v) is 14.3. The number of benzene rings is 1. The molecule has 1 aromatic carbocycles. The number of rotatable bonds is 4. The lowest BCUT2D eigenvalue weighted by molar-refractivity contribution is -0.139. The smallest absolute Gasteiger partial charge is 0.242 e. The maximum atomic E-state index is 12.8. The van der Waals surface area contributed by atoms with Crippen molar-refractivity contribution in [1.82, 2.24) is 10.2 Å². The fourth-order valence-electron chi connectivity index (χ4n) is 2.77. The first kappa shape index (κ1) is 18.3. The Morgan fingerprint density at radius 2 is 2.19 bits per heavy atom. The Kier molecular flexibility index (Phi) is 6.98. The molecule has 118 valence electrons. The molecule has 1 aliphatic heterocycles. The second-order valence-corrected chi connectivity index (χ2v) is 6.10. The SMILES string of the molecule is CCN(Cc1cccc(Cl)c1)C(=O)C1(C)CCCCN1.Cl. The number of likely N-dealkylation sites (N-methyl/N-ethyl adjacent to an activating group) is 1. The molecule has 21 heavy (non-hydrogen) atoms. The van der Waals surface area contributed by atoms with Gasteiger partial charge in [-0.05, 0) is 57.4 Å². The van der Waals surface area contributed by atoms with Gasteiger partial charge < -0.3 is 10.2 Å². The molecule has 0 aromatic heterocycles. The van der Waals surface area contributed by atoms with Crippen molar-refractivity contribution >= 4 is 29.9 Å². The van der Waals surface area contributed by atoms with Gasteiger partial charge in [0.05, 0.1) is 5.54 Å². The Morgan fingerprint density at radius 1 is 1.43 bits per heavy atom. The molecule has 0 saturated carbocycles. The van der Waals surface area contributed by atoms with Crippen LogP contribution < -0.4 is 5.32 Å². The first-order valence-corrected chi connectivity index (χ1v) is 7.72. The fourth-order valence-corrected chi connectivity index (χ4v) is 2.98. The minimum absolute atomic E-state index is 0. The summed E-state index contributed by atoms with van der Waals surface area (Å²) >= 11 is 6.01. The van der Waals surface area contributed by atoms with E-state index in [1.807, 2.05) is 43.0 Å². The summed E-state index contributed by atoms with van der Waals surface area (Å²) in [6.45, 7) is 6.30. The lowest BCUT2D eigenvalue weighted by Crippen LogP contribution is -2.57. The van der Waals surface area contributed by atoms with Gasteiger partial charge in [0.1, 0.15) is 0 Å². The molecular weight excluding hydrogens is 307 g/mol. The Bertz CT molecular complexity index is 473. The molecule has 1 saturated heterocycles. The third-order valence-electron chi connectivity index (χ3n) is 4.02. The molecule has 1 N–H and O–H groups in total. The molecular formula is C16H24Cl2N2O. The molecule has 0 radical (unpaired) electrons. The van der Waals surface area contributed by atoms with Crippen LogP contribution in [0.25, 0.3) is 0 Å². The van der Waals surface area contributed by atoms with Crippen LogP contribution in [0.5, 0.6) is 0 Å². The van der Waals surface area contributed by atoms with E-state index in [0.29, 0.717) is 18.1 Å². The van der Waals surface area contributed by atoms with Gasteiger partial charge in [-0.1, -0.05) is 23.7 Å². The van der Waals surface area contributed by atoms with Gasteiger partial charge in [-0.15, -0.1) is 12.4 Å². The molecule has 1 atom stereocenters. The van der Waals surface area contributed by atoms with Crippen LogP contribution >= 0.6 is 24.0 Å². The van der Waals surface area contributed by atoms with Gasteiger partial charge in [0, 0.05) is 18.1 Å². The van der Waals surface area contributed by atoms with Gasteiger partial charge in [0.25, 0.3) is 0 Å². The quantitative estimate of drug-likeness (QED) is 0.913. The van der Waals surface area contributed by atoms with Crippen LogP contribution in [0, 0.1) is 0 Å². The molecule has 1 aliphatic rings. The van der Waals surface area contributed by atoms with Crippen molar-refractivity contribution in [3.63, 3.8) is 0 Å². The highest BCUT2D eigenvalue weighted by Crippen LogP contribution is 2.22. The predicted molar refractivity (Wildman–Crippen MR) is 90.0 cm³/mol. The molecule has 1 fully saturated rings. The number of nitrogens with zero attached hydrogens (tertiary/aromatic N) is 1. The van der Waals surface area contributed by atoms with Crippen molar-refractivity contribution in [3.8, 4) is 0 Å². The van der Waals surface area contributed by atoms with Crippen molar-refractivity contribution in [3.05, 3.63) is 34.9 Å². The highest BCUT2D eigenvalue weighted by Gasteiger charge is 2.36. The lowest BCUT2D eigenvalue weighted by Gasteiger charge is -2.37. The highest BCUT2D eigenvalue weighted by atomic mass is 35.5. The number of hydrogen-bond acceptors (Lipinski definition) is 2. The van der Waals surface area contributed by atoms with E-state index in [9.17, 15) is 4.79 Å². The summed E-state index contributed by atoms with van der Waals surface area (Å²) in [5.41, 5.74) is 0.666. The van der Waals surface area contributed by atoms with Gasteiger partial charge in [-0.3, -0.25) is 4.79 Å². The van der Waals surface area contributed by atoms with E-state index < -0.39 is 5.54 Å². The summed E-state index contributed by atoms with van der Waals surface area (Å²) in [4.78, 5) is 14.7. The molecule has 1 amide bonds. The molecule has 3 nitrogen and oxygen atoms in total. The van der Waals surface area contributed by atoms with E-state index >= 15 is 0 Å². The second-order valence-electron chi connectivity index (χ2n) is 5.67.